The average Bonchev–Trinajstić information content (AvgIpc) is 2.68. The van der Waals surface area contributed by atoms with Gasteiger partial charge >= 0.3 is 0 Å². The van der Waals surface area contributed by atoms with Crippen molar-refractivity contribution in [1.29, 1.82) is 0 Å². The van der Waals surface area contributed by atoms with E-state index >= 15 is 0 Å². The van der Waals surface area contributed by atoms with E-state index in [0.717, 1.165) is 23.6 Å². The minimum Gasteiger partial charge on any atom is -0.475 e. The Kier molecular flexibility index (Phi) is 11.4. The number of aliphatic imine (C=N–C) groups is 1. The van der Waals surface area contributed by atoms with Crippen molar-refractivity contribution in [2.75, 3.05) is 33.9 Å². The van der Waals surface area contributed by atoms with Gasteiger partial charge in [-0.1, -0.05) is 18.2 Å². The molecule has 1 N–H and O–H groups in total. The van der Waals surface area contributed by atoms with E-state index in [1.54, 1.807) is 25.4 Å². The Bertz CT molecular complexity index is 711. The van der Waals surface area contributed by atoms with Crippen molar-refractivity contribution in [3.05, 3.63) is 59.5 Å². The van der Waals surface area contributed by atoms with Crippen LogP contribution in [0.5, 0.6) is 5.88 Å². The Morgan fingerprint density at radius 2 is 1.86 bits per heavy atom. The molecule has 0 saturated carbocycles. The zero-order chi connectivity index (χ0) is 19.5. The fraction of sp³-hybridized carbons (Fsp3) is 0.400. The highest BCUT2D eigenvalue weighted by Gasteiger charge is 2.07. The summed E-state index contributed by atoms with van der Waals surface area (Å²) in [5.74, 6) is 1.12. The number of hydrogen-bond acceptors (Lipinski definition) is 4. The topological polar surface area (TPSA) is 59.0 Å². The molecule has 0 aliphatic carbocycles. The van der Waals surface area contributed by atoms with Crippen LogP contribution in [0.25, 0.3) is 0 Å². The summed E-state index contributed by atoms with van der Waals surface area (Å²) in [6.45, 7) is 4.92. The Morgan fingerprint density at radius 1 is 1.14 bits per heavy atom. The van der Waals surface area contributed by atoms with Crippen LogP contribution in [-0.4, -0.2) is 49.8 Å². The molecule has 0 fully saturated rings. The number of pyridine rings is 1. The third-order valence-corrected chi connectivity index (χ3v) is 3.78. The SMILES string of the molecule is CCNC(=NCc1ccc(OCCOC)nc1)N(C)Cc1ccc(F)cc1.I. The summed E-state index contributed by atoms with van der Waals surface area (Å²) in [5.41, 5.74) is 2.00. The number of halogens is 2. The Hall–Kier alpha value is -1.94. The third kappa shape index (κ3) is 8.39. The number of rotatable bonds is 9. The van der Waals surface area contributed by atoms with E-state index in [-0.39, 0.29) is 29.8 Å². The Morgan fingerprint density at radius 3 is 2.46 bits per heavy atom. The minimum absolute atomic E-state index is 0. The van der Waals surface area contributed by atoms with Crippen molar-refractivity contribution in [2.24, 2.45) is 4.99 Å². The maximum absolute atomic E-state index is 13.1. The molecule has 0 amide bonds. The van der Waals surface area contributed by atoms with E-state index in [1.165, 1.54) is 12.1 Å². The normalized spacial score (nSPS) is 10.9. The summed E-state index contributed by atoms with van der Waals surface area (Å²) in [5, 5.41) is 3.27. The van der Waals surface area contributed by atoms with Crippen LogP contribution in [0.3, 0.4) is 0 Å². The summed E-state index contributed by atoms with van der Waals surface area (Å²) in [7, 11) is 3.59. The zero-order valence-corrected chi connectivity index (χ0v) is 18.9. The molecule has 1 aromatic carbocycles. The predicted octanol–water partition coefficient (Wildman–Crippen LogP) is 3.46. The molecule has 0 spiro atoms. The summed E-state index contributed by atoms with van der Waals surface area (Å²) in [6, 6.07) is 10.3. The lowest BCUT2D eigenvalue weighted by atomic mass is 10.2. The molecule has 0 aliphatic rings. The van der Waals surface area contributed by atoms with Crippen LogP contribution in [0.4, 0.5) is 4.39 Å². The Balaban J connectivity index is 0.00000392. The van der Waals surface area contributed by atoms with Crippen molar-refractivity contribution in [1.82, 2.24) is 15.2 Å². The summed E-state index contributed by atoms with van der Waals surface area (Å²) in [6.07, 6.45) is 1.76. The van der Waals surface area contributed by atoms with Crippen molar-refractivity contribution in [2.45, 2.75) is 20.0 Å². The van der Waals surface area contributed by atoms with Gasteiger partial charge in [0.25, 0.3) is 0 Å². The smallest absolute Gasteiger partial charge is 0.213 e. The first kappa shape index (κ1) is 24.1. The van der Waals surface area contributed by atoms with Gasteiger partial charge in [0.15, 0.2) is 5.96 Å². The van der Waals surface area contributed by atoms with Gasteiger partial charge in [0, 0.05) is 39.5 Å². The van der Waals surface area contributed by atoms with Crippen molar-refractivity contribution in [3.63, 3.8) is 0 Å². The molecule has 2 rings (SSSR count). The second-order valence-corrected chi connectivity index (χ2v) is 6.00. The number of benzene rings is 1. The molecular weight excluding hydrogens is 474 g/mol. The number of guanidine groups is 1. The largest absolute Gasteiger partial charge is 0.475 e. The standard InChI is InChI=1S/C20H27FN4O2.HI/c1-4-22-20(25(2)15-16-5-8-18(21)9-6-16)24-14-17-7-10-19(23-13-17)27-12-11-26-3;/h5-10,13H,4,11-12,14-15H2,1-3H3,(H,22,24);1H. The van der Waals surface area contributed by atoms with Gasteiger partial charge < -0.3 is 19.7 Å². The van der Waals surface area contributed by atoms with Crippen LogP contribution in [-0.2, 0) is 17.8 Å². The van der Waals surface area contributed by atoms with Gasteiger partial charge in [-0.2, -0.15) is 0 Å². The molecule has 0 saturated heterocycles. The lowest BCUT2D eigenvalue weighted by Crippen LogP contribution is -2.38. The highest BCUT2D eigenvalue weighted by molar-refractivity contribution is 14.0. The second kappa shape index (κ2) is 13.3. The van der Waals surface area contributed by atoms with Crippen LogP contribution in [0.2, 0.25) is 0 Å². The number of aromatic nitrogens is 1. The van der Waals surface area contributed by atoms with E-state index in [2.05, 4.69) is 15.3 Å². The first-order chi connectivity index (χ1) is 13.1. The van der Waals surface area contributed by atoms with Gasteiger partial charge in [0.05, 0.1) is 13.2 Å². The van der Waals surface area contributed by atoms with Crippen LogP contribution >= 0.6 is 24.0 Å². The van der Waals surface area contributed by atoms with E-state index in [0.29, 0.717) is 32.2 Å². The summed E-state index contributed by atoms with van der Waals surface area (Å²) in [4.78, 5) is 10.9. The molecule has 0 unspecified atom stereocenters. The molecule has 1 aromatic heterocycles. The van der Waals surface area contributed by atoms with Crippen LogP contribution in [0.1, 0.15) is 18.1 Å². The first-order valence-electron chi connectivity index (χ1n) is 8.93. The van der Waals surface area contributed by atoms with E-state index < -0.39 is 0 Å². The third-order valence-electron chi connectivity index (χ3n) is 3.78. The fourth-order valence-electron chi connectivity index (χ4n) is 2.39. The molecule has 0 bridgehead atoms. The first-order valence-corrected chi connectivity index (χ1v) is 8.93. The molecule has 8 heteroatoms. The van der Waals surface area contributed by atoms with Crippen LogP contribution in [0.15, 0.2) is 47.6 Å². The van der Waals surface area contributed by atoms with Crippen molar-refractivity contribution >= 4 is 29.9 Å². The molecule has 0 radical (unpaired) electrons. The van der Waals surface area contributed by atoms with Gasteiger partial charge in [0.2, 0.25) is 5.88 Å². The number of methoxy groups -OCH3 is 1. The number of ether oxygens (including phenoxy) is 2. The van der Waals surface area contributed by atoms with E-state index in [4.69, 9.17) is 9.47 Å². The van der Waals surface area contributed by atoms with Crippen molar-refractivity contribution in [3.8, 4) is 5.88 Å². The molecule has 0 atom stereocenters. The monoisotopic (exact) mass is 502 g/mol. The average molecular weight is 502 g/mol. The maximum atomic E-state index is 13.1. The van der Waals surface area contributed by atoms with E-state index in [1.807, 2.05) is 31.0 Å². The van der Waals surface area contributed by atoms with Gasteiger partial charge in [0.1, 0.15) is 12.4 Å². The van der Waals surface area contributed by atoms with Gasteiger partial charge in [-0.05, 0) is 30.2 Å². The summed E-state index contributed by atoms with van der Waals surface area (Å²) < 4.78 is 23.5. The number of hydrogen-bond donors (Lipinski definition) is 1. The predicted molar refractivity (Wildman–Crippen MR) is 120 cm³/mol. The Labute approximate surface area is 183 Å². The van der Waals surface area contributed by atoms with Gasteiger partial charge in [-0.15, -0.1) is 24.0 Å². The highest BCUT2D eigenvalue weighted by Crippen LogP contribution is 2.10. The van der Waals surface area contributed by atoms with Crippen LogP contribution in [0, 0.1) is 5.82 Å². The van der Waals surface area contributed by atoms with Gasteiger partial charge in [-0.25, -0.2) is 14.4 Å². The molecule has 0 aliphatic heterocycles. The fourth-order valence-corrected chi connectivity index (χ4v) is 2.39. The maximum Gasteiger partial charge on any atom is 0.213 e. The molecule has 1 heterocycles. The molecular formula is C20H28FIN4O2. The molecule has 28 heavy (non-hydrogen) atoms. The van der Waals surface area contributed by atoms with E-state index in [9.17, 15) is 4.39 Å². The molecule has 2 aromatic rings. The minimum atomic E-state index is -0.232. The quantitative estimate of drug-likeness (QED) is 0.247. The molecule has 6 nitrogen and oxygen atoms in total. The second-order valence-electron chi connectivity index (χ2n) is 6.00. The number of nitrogens with zero attached hydrogens (tertiary/aromatic N) is 3. The van der Waals surface area contributed by atoms with Crippen molar-refractivity contribution < 1.29 is 13.9 Å². The zero-order valence-electron chi connectivity index (χ0n) is 16.5. The summed E-state index contributed by atoms with van der Waals surface area (Å²) >= 11 is 0. The number of nitrogens with one attached hydrogen (secondary N) is 1. The highest BCUT2D eigenvalue weighted by atomic mass is 127. The lowest BCUT2D eigenvalue weighted by Gasteiger charge is -2.22. The molecule has 154 valence electrons. The van der Waals surface area contributed by atoms with Gasteiger partial charge in [-0.3, -0.25) is 0 Å². The lowest BCUT2D eigenvalue weighted by molar-refractivity contribution is 0.143. The van der Waals surface area contributed by atoms with Crippen LogP contribution < -0.4 is 10.1 Å².